The van der Waals surface area contributed by atoms with Crippen molar-refractivity contribution in [2.45, 2.75) is 33.5 Å². The normalized spacial score (nSPS) is 12.8. The molecule has 0 saturated carbocycles. The molecule has 1 rings (SSSR count). The lowest BCUT2D eigenvalue weighted by Crippen LogP contribution is -2.41. The van der Waals surface area contributed by atoms with Gasteiger partial charge in [0.1, 0.15) is 6.61 Å². The molecule has 0 aliphatic carbocycles. The molecular weight excluding hydrogens is 270 g/mol. The number of nitrogens with one attached hydrogen (secondary N) is 1. The third-order valence-electron chi connectivity index (χ3n) is 3.02. The standard InChI is InChI=1S/C16H25NO4/c1-16(2,3)14(20-10-9-18)11-17-15(19)21-12-13-7-5-4-6-8-13/h4-8,14,18H,9-12H2,1-3H3,(H,17,19). The van der Waals surface area contributed by atoms with Crippen LogP contribution in [0.4, 0.5) is 4.79 Å². The highest BCUT2D eigenvalue weighted by Crippen LogP contribution is 2.21. The van der Waals surface area contributed by atoms with Crippen LogP contribution in [0.5, 0.6) is 0 Å². The number of hydrogen-bond donors (Lipinski definition) is 2. The molecule has 0 aliphatic heterocycles. The highest BCUT2D eigenvalue weighted by Gasteiger charge is 2.25. The predicted molar refractivity (Wildman–Crippen MR) is 80.9 cm³/mol. The van der Waals surface area contributed by atoms with Gasteiger partial charge < -0.3 is 19.9 Å². The molecule has 0 aliphatic rings. The van der Waals surface area contributed by atoms with Crippen LogP contribution in [0.25, 0.3) is 0 Å². The van der Waals surface area contributed by atoms with Gasteiger partial charge in [0.15, 0.2) is 0 Å². The Balaban J connectivity index is 2.35. The highest BCUT2D eigenvalue weighted by molar-refractivity contribution is 5.67. The van der Waals surface area contributed by atoms with Crippen molar-refractivity contribution in [2.24, 2.45) is 5.41 Å². The fourth-order valence-electron chi connectivity index (χ4n) is 1.76. The summed E-state index contributed by atoms with van der Waals surface area (Å²) in [6.07, 6.45) is -0.658. The van der Waals surface area contributed by atoms with E-state index in [1.165, 1.54) is 0 Å². The largest absolute Gasteiger partial charge is 0.445 e. The zero-order chi connectivity index (χ0) is 15.7. The van der Waals surface area contributed by atoms with Crippen LogP contribution in [0.2, 0.25) is 0 Å². The van der Waals surface area contributed by atoms with Gasteiger partial charge in [0.05, 0.1) is 19.3 Å². The van der Waals surface area contributed by atoms with Crippen molar-refractivity contribution in [1.82, 2.24) is 5.32 Å². The Bertz CT molecular complexity index is 414. The van der Waals surface area contributed by atoms with Crippen LogP contribution in [0.1, 0.15) is 26.3 Å². The Morgan fingerprint density at radius 3 is 2.52 bits per heavy atom. The predicted octanol–water partition coefficient (Wildman–Crippen LogP) is 2.34. The van der Waals surface area contributed by atoms with Crippen molar-refractivity contribution in [3.8, 4) is 0 Å². The summed E-state index contributed by atoms with van der Waals surface area (Å²) >= 11 is 0. The van der Waals surface area contributed by atoms with E-state index in [1.807, 2.05) is 51.1 Å². The van der Waals surface area contributed by atoms with E-state index in [1.54, 1.807) is 0 Å². The van der Waals surface area contributed by atoms with Crippen molar-refractivity contribution in [2.75, 3.05) is 19.8 Å². The summed E-state index contributed by atoms with van der Waals surface area (Å²) in [6.45, 7) is 6.86. The van der Waals surface area contributed by atoms with Gasteiger partial charge in [-0.3, -0.25) is 0 Å². The van der Waals surface area contributed by atoms with E-state index >= 15 is 0 Å². The molecule has 0 bridgehead atoms. The second-order valence-corrected chi connectivity index (χ2v) is 5.89. The van der Waals surface area contributed by atoms with Crippen molar-refractivity contribution >= 4 is 6.09 Å². The van der Waals surface area contributed by atoms with Crippen LogP contribution in [0, 0.1) is 5.41 Å². The maximum absolute atomic E-state index is 11.7. The molecule has 118 valence electrons. The first-order valence-electron chi connectivity index (χ1n) is 7.10. The van der Waals surface area contributed by atoms with Crippen LogP contribution >= 0.6 is 0 Å². The minimum absolute atomic E-state index is 0.0367. The summed E-state index contributed by atoms with van der Waals surface area (Å²) in [5.74, 6) is 0. The number of amides is 1. The molecule has 1 aromatic rings. The average Bonchev–Trinajstić information content (AvgIpc) is 2.45. The lowest BCUT2D eigenvalue weighted by Gasteiger charge is -2.30. The zero-order valence-corrected chi connectivity index (χ0v) is 13.0. The summed E-state index contributed by atoms with van der Waals surface area (Å²) in [7, 11) is 0. The Kier molecular flexibility index (Phi) is 7.19. The Labute approximate surface area is 126 Å². The molecule has 0 fully saturated rings. The molecule has 21 heavy (non-hydrogen) atoms. The molecule has 5 heteroatoms. The summed E-state index contributed by atoms with van der Waals surface area (Å²) in [5.41, 5.74) is 0.804. The lowest BCUT2D eigenvalue weighted by atomic mass is 9.89. The Morgan fingerprint density at radius 1 is 1.29 bits per heavy atom. The van der Waals surface area contributed by atoms with E-state index in [4.69, 9.17) is 14.6 Å². The average molecular weight is 295 g/mol. The molecule has 1 amide bonds. The minimum atomic E-state index is -0.472. The van der Waals surface area contributed by atoms with Crippen LogP contribution in [0.3, 0.4) is 0 Å². The molecule has 0 aromatic heterocycles. The highest BCUT2D eigenvalue weighted by atomic mass is 16.5. The first-order valence-corrected chi connectivity index (χ1v) is 7.10. The fourth-order valence-corrected chi connectivity index (χ4v) is 1.76. The number of benzene rings is 1. The maximum Gasteiger partial charge on any atom is 0.407 e. The molecule has 1 atom stereocenters. The maximum atomic E-state index is 11.7. The molecule has 0 heterocycles. The van der Waals surface area contributed by atoms with Gasteiger partial charge in [-0.2, -0.15) is 0 Å². The van der Waals surface area contributed by atoms with E-state index in [2.05, 4.69) is 5.32 Å². The van der Waals surface area contributed by atoms with Gasteiger partial charge in [0, 0.05) is 6.54 Å². The Morgan fingerprint density at radius 2 is 1.95 bits per heavy atom. The van der Waals surface area contributed by atoms with Crippen LogP contribution in [0.15, 0.2) is 30.3 Å². The first kappa shape index (κ1) is 17.5. The third kappa shape index (κ3) is 7.11. The number of hydrogen-bond acceptors (Lipinski definition) is 4. The summed E-state index contributed by atoms with van der Waals surface area (Å²) in [5, 5.41) is 11.5. The van der Waals surface area contributed by atoms with Crippen molar-refractivity contribution in [3.63, 3.8) is 0 Å². The summed E-state index contributed by atoms with van der Waals surface area (Å²) in [6, 6.07) is 9.51. The van der Waals surface area contributed by atoms with Gasteiger partial charge in [-0.1, -0.05) is 51.1 Å². The summed E-state index contributed by atoms with van der Waals surface area (Å²) in [4.78, 5) is 11.7. The molecule has 5 nitrogen and oxygen atoms in total. The van der Waals surface area contributed by atoms with Gasteiger partial charge >= 0.3 is 6.09 Å². The molecule has 1 aromatic carbocycles. The van der Waals surface area contributed by atoms with Crippen LogP contribution in [-0.2, 0) is 16.1 Å². The van der Waals surface area contributed by atoms with Gasteiger partial charge in [-0.05, 0) is 11.0 Å². The minimum Gasteiger partial charge on any atom is -0.445 e. The van der Waals surface area contributed by atoms with Crippen molar-refractivity contribution in [3.05, 3.63) is 35.9 Å². The second-order valence-electron chi connectivity index (χ2n) is 5.89. The molecule has 0 saturated heterocycles. The van der Waals surface area contributed by atoms with Gasteiger partial charge in [0.2, 0.25) is 0 Å². The van der Waals surface area contributed by atoms with Gasteiger partial charge in [-0.25, -0.2) is 4.79 Å². The van der Waals surface area contributed by atoms with E-state index < -0.39 is 6.09 Å². The fraction of sp³-hybridized carbons (Fsp3) is 0.562. The number of ether oxygens (including phenoxy) is 2. The SMILES string of the molecule is CC(C)(C)C(CNC(=O)OCc1ccccc1)OCCO. The molecule has 0 radical (unpaired) electrons. The second kappa shape index (κ2) is 8.64. The molecule has 2 N–H and O–H groups in total. The third-order valence-corrected chi connectivity index (χ3v) is 3.02. The smallest absolute Gasteiger partial charge is 0.407 e. The molecular formula is C16H25NO4. The zero-order valence-electron chi connectivity index (χ0n) is 13.0. The number of carbonyl (C=O) groups excluding carboxylic acids is 1. The number of carbonyl (C=O) groups is 1. The van der Waals surface area contributed by atoms with Gasteiger partial charge in [-0.15, -0.1) is 0 Å². The monoisotopic (exact) mass is 295 g/mol. The number of rotatable bonds is 7. The van der Waals surface area contributed by atoms with E-state index in [0.29, 0.717) is 6.54 Å². The van der Waals surface area contributed by atoms with Gasteiger partial charge in [0.25, 0.3) is 0 Å². The van der Waals surface area contributed by atoms with E-state index in [-0.39, 0.29) is 31.3 Å². The first-order chi connectivity index (χ1) is 9.93. The van der Waals surface area contributed by atoms with Crippen LogP contribution < -0.4 is 5.32 Å². The molecule has 0 spiro atoms. The van der Waals surface area contributed by atoms with Crippen LogP contribution in [-0.4, -0.2) is 37.1 Å². The number of alkyl carbamates (subject to hydrolysis) is 1. The molecule has 1 unspecified atom stereocenters. The van der Waals surface area contributed by atoms with Crippen molar-refractivity contribution in [1.29, 1.82) is 0 Å². The van der Waals surface area contributed by atoms with E-state index in [0.717, 1.165) is 5.56 Å². The quantitative estimate of drug-likeness (QED) is 0.810. The van der Waals surface area contributed by atoms with Crippen molar-refractivity contribution < 1.29 is 19.4 Å². The number of aliphatic hydroxyl groups is 1. The summed E-state index contributed by atoms with van der Waals surface area (Å²) < 4.78 is 10.7. The number of aliphatic hydroxyl groups excluding tert-OH is 1. The Hall–Kier alpha value is -1.59. The topological polar surface area (TPSA) is 67.8 Å². The lowest BCUT2D eigenvalue weighted by molar-refractivity contribution is -0.0298. The van der Waals surface area contributed by atoms with E-state index in [9.17, 15) is 4.79 Å².